The molecule has 2 atom stereocenters. The molecule has 0 radical (unpaired) electrons. The summed E-state index contributed by atoms with van der Waals surface area (Å²) in [5.74, 6) is -0.209. The van der Waals surface area contributed by atoms with E-state index in [2.05, 4.69) is 19.1 Å². The van der Waals surface area contributed by atoms with Crippen LogP contribution in [-0.2, 0) is 34.5 Å². The van der Waals surface area contributed by atoms with E-state index in [0.29, 0.717) is 12.0 Å². The molecule has 2 aromatic carbocycles. The van der Waals surface area contributed by atoms with Gasteiger partial charge in [-0.1, -0.05) is 37.3 Å². The highest BCUT2D eigenvalue weighted by molar-refractivity contribution is 7.17. The number of benzene rings is 2. The van der Waals surface area contributed by atoms with Gasteiger partial charge in [0, 0.05) is 0 Å². The molecule has 0 aromatic heterocycles. The van der Waals surface area contributed by atoms with E-state index in [0.717, 1.165) is 24.5 Å². The van der Waals surface area contributed by atoms with E-state index in [-0.39, 0.29) is 31.8 Å². The number of aliphatic hydroxyl groups excluding tert-OH is 1. The Hall–Kier alpha value is -1.99. The van der Waals surface area contributed by atoms with Crippen molar-refractivity contribution < 1.29 is 32.1 Å². The molecule has 5 nitrogen and oxygen atoms in total. The summed E-state index contributed by atoms with van der Waals surface area (Å²) in [7, 11) is -1.02. The van der Waals surface area contributed by atoms with E-state index in [1.54, 1.807) is 6.07 Å². The van der Waals surface area contributed by atoms with Gasteiger partial charge in [-0.3, -0.25) is 0 Å². The van der Waals surface area contributed by atoms with E-state index < -0.39 is 32.6 Å². The molecule has 2 unspecified atom stereocenters. The zero-order valence-corrected chi connectivity index (χ0v) is 19.1. The standard InChI is InChI=1S/C23H30F3NO4P/c1-2-17-5-7-18(8-6-17)4-3-13-30-21-10-9-19(14-20(21)23(24,25)26)11-12-22(27,15-28)16-31-32-29/h5-10,14,28,32H,2-4,11-13,15-16,27H2,1H3/q+1. The van der Waals surface area contributed by atoms with Crippen molar-refractivity contribution in [3.8, 4) is 5.75 Å². The summed E-state index contributed by atoms with van der Waals surface area (Å²) in [4.78, 5) is 0. The first kappa shape index (κ1) is 26.3. The second kappa shape index (κ2) is 12.3. The maximum Gasteiger partial charge on any atom is 0.494 e. The molecule has 0 saturated carbocycles. The van der Waals surface area contributed by atoms with Crippen molar-refractivity contribution in [3.63, 3.8) is 0 Å². The SMILES string of the molecule is CCc1ccc(CCCOc2ccc(CCC(N)(CO)CO[PH+]=O)cc2C(F)(F)F)cc1. The maximum atomic E-state index is 13.6. The fourth-order valence-electron chi connectivity index (χ4n) is 3.24. The summed E-state index contributed by atoms with van der Waals surface area (Å²) in [6.07, 6.45) is -1.93. The summed E-state index contributed by atoms with van der Waals surface area (Å²) >= 11 is 0. The summed E-state index contributed by atoms with van der Waals surface area (Å²) in [6, 6.07) is 12.1. The maximum absolute atomic E-state index is 13.6. The van der Waals surface area contributed by atoms with Crippen molar-refractivity contribution in [2.24, 2.45) is 5.73 Å². The number of halogens is 3. The Balaban J connectivity index is 1.99. The van der Waals surface area contributed by atoms with Gasteiger partial charge in [-0.05, 0) is 65.5 Å². The molecule has 9 heteroatoms. The van der Waals surface area contributed by atoms with Gasteiger partial charge >= 0.3 is 14.9 Å². The van der Waals surface area contributed by atoms with E-state index >= 15 is 0 Å². The van der Waals surface area contributed by atoms with Crippen LogP contribution in [0.2, 0.25) is 0 Å². The van der Waals surface area contributed by atoms with Crippen LogP contribution in [0, 0.1) is 0 Å². The van der Waals surface area contributed by atoms with Crippen molar-refractivity contribution in [1.29, 1.82) is 0 Å². The predicted molar refractivity (Wildman–Crippen MR) is 118 cm³/mol. The lowest BCUT2D eigenvalue weighted by Crippen LogP contribution is -2.47. The number of ether oxygens (including phenoxy) is 1. The van der Waals surface area contributed by atoms with Crippen LogP contribution in [0.25, 0.3) is 0 Å². The Labute approximate surface area is 188 Å². The minimum Gasteiger partial charge on any atom is -0.493 e. The highest BCUT2D eigenvalue weighted by Crippen LogP contribution is 2.37. The fraction of sp³-hybridized carbons (Fsp3) is 0.478. The lowest BCUT2D eigenvalue weighted by Gasteiger charge is -2.24. The highest BCUT2D eigenvalue weighted by Gasteiger charge is 2.35. The first-order valence-electron chi connectivity index (χ1n) is 10.5. The monoisotopic (exact) mass is 472 g/mol. The first-order chi connectivity index (χ1) is 15.2. The van der Waals surface area contributed by atoms with Gasteiger partial charge < -0.3 is 15.6 Å². The zero-order valence-electron chi connectivity index (χ0n) is 18.1. The second-order valence-corrected chi connectivity index (χ2v) is 8.30. The van der Waals surface area contributed by atoms with Crippen molar-refractivity contribution >= 4 is 8.69 Å². The molecule has 3 N–H and O–H groups in total. The number of nitrogens with two attached hydrogens (primary N) is 1. The number of aliphatic hydroxyl groups is 1. The van der Waals surface area contributed by atoms with Gasteiger partial charge in [0.2, 0.25) is 0 Å². The van der Waals surface area contributed by atoms with Crippen LogP contribution in [0.3, 0.4) is 0 Å². The molecule has 0 spiro atoms. The van der Waals surface area contributed by atoms with Crippen LogP contribution in [0.5, 0.6) is 5.75 Å². The third-order valence-electron chi connectivity index (χ3n) is 5.29. The molecule has 0 aliphatic rings. The van der Waals surface area contributed by atoms with Crippen LogP contribution < -0.4 is 10.5 Å². The van der Waals surface area contributed by atoms with Crippen LogP contribution in [-0.4, -0.2) is 30.5 Å². The molecule has 0 aliphatic heterocycles. The Bertz CT molecular complexity index is 861. The molecule has 2 aromatic rings. The highest BCUT2D eigenvalue weighted by atomic mass is 31.1. The third-order valence-corrected chi connectivity index (χ3v) is 5.56. The van der Waals surface area contributed by atoms with Crippen LogP contribution in [0.4, 0.5) is 13.2 Å². The molecule has 176 valence electrons. The van der Waals surface area contributed by atoms with Crippen molar-refractivity contribution in [2.75, 3.05) is 19.8 Å². The summed E-state index contributed by atoms with van der Waals surface area (Å²) in [6.45, 7) is 1.66. The first-order valence-corrected chi connectivity index (χ1v) is 11.3. The molecule has 0 aliphatic carbocycles. The van der Waals surface area contributed by atoms with E-state index in [1.807, 2.05) is 12.1 Å². The van der Waals surface area contributed by atoms with E-state index in [1.165, 1.54) is 11.6 Å². The Kier molecular flexibility index (Phi) is 10.1. The molecular formula is C23H30F3NO4P+. The largest absolute Gasteiger partial charge is 0.494 e. The molecule has 0 saturated heterocycles. The molecule has 0 bridgehead atoms. The minimum atomic E-state index is -4.56. The predicted octanol–water partition coefficient (Wildman–Crippen LogP) is 4.86. The van der Waals surface area contributed by atoms with E-state index in [4.69, 9.17) is 15.0 Å². The summed E-state index contributed by atoms with van der Waals surface area (Å²) in [5, 5.41) is 9.44. The topological polar surface area (TPSA) is 81.8 Å². The van der Waals surface area contributed by atoms with Gasteiger partial charge in [-0.2, -0.15) is 13.2 Å². The van der Waals surface area contributed by atoms with Crippen molar-refractivity contribution in [2.45, 2.75) is 50.7 Å². The summed E-state index contributed by atoms with van der Waals surface area (Å²) < 4.78 is 61.5. The lowest BCUT2D eigenvalue weighted by molar-refractivity contribution is -0.139. The quantitative estimate of drug-likeness (QED) is 0.322. The lowest BCUT2D eigenvalue weighted by atomic mass is 9.93. The molecule has 32 heavy (non-hydrogen) atoms. The minimum absolute atomic E-state index is 0.153. The third kappa shape index (κ3) is 8.17. The molecule has 2 rings (SSSR count). The van der Waals surface area contributed by atoms with E-state index in [9.17, 15) is 22.8 Å². The Morgan fingerprint density at radius 3 is 2.28 bits per heavy atom. The second-order valence-electron chi connectivity index (χ2n) is 7.84. The zero-order chi connectivity index (χ0) is 23.6. The van der Waals surface area contributed by atoms with Crippen molar-refractivity contribution in [1.82, 2.24) is 0 Å². The van der Waals surface area contributed by atoms with Crippen LogP contribution in [0.1, 0.15) is 42.0 Å². The molecule has 0 fully saturated rings. The summed E-state index contributed by atoms with van der Waals surface area (Å²) in [5.41, 5.74) is 6.72. The Morgan fingerprint density at radius 1 is 1.03 bits per heavy atom. The average molecular weight is 472 g/mol. The van der Waals surface area contributed by atoms with Gasteiger partial charge in [0.15, 0.2) is 0 Å². The number of aryl methyl sites for hydroxylation is 3. The molecule has 0 heterocycles. The number of alkyl halides is 3. The van der Waals surface area contributed by atoms with Gasteiger partial charge in [0.25, 0.3) is 0 Å². The fourth-order valence-corrected chi connectivity index (χ4v) is 3.59. The normalized spacial score (nSPS) is 13.8. The molecular weight excluding hydrogens is 442 g/mol. The van der Waals surface area contributed by atoms with Gasteiger partial charge in [0.1, 0.15) is 12.4 Å². The molecule has 0 amide bonds. The average Bonchev–Trinajstić information content (AvgIpc) is 2.79. The Morgan fingerprint density at radius 2 is 1.69 bits per heavy atom. The van der Waals surface area contributed by atoms with Crippen molar-refractivity contribution in [3.05, 3.63) is 64.7 Å². The van der Waals surface area contributed by atoms with Gasteiger partial charge in [-0.15, -0.1) is 4.52 Å². The number of hydrogen-bond acceptors (Lipinski definition) is 5. The van der Waals surface area contributed by atoms with Crippen LogP contribution >= 0.6 is 8.69 Å². The smallest absolute Gasteiger partial charge is 0.493 e. The van der Waals surface area contributed by atoms with Crippen LogP contribution in [0.15, 0.2) is 42.5 Å². The van der Waals surface area contributed by atoms with Gasteiger partial charge in [-0.25, -0.2) is 0 Å². The number of rotatable bonds is 13. The van der Waals surface area contributed by atoms with Gasteiger partial charge in [0.05, 0.1) is 24.3 Å². The number of hydrogen-bond donors (Lipinski definition) is 2.